The van der Waals surface area contributed by atoms with E-state index in [1.807, 2.05) is 63.4 Å². The van der Waals surface area contributed by atoms with Gasteiger partial charge in [-0.15, -0.1) is 0 Å². The minimum Gasteiger partial charge on any atom is -0.350 e. The van der Waals surface area contributed by atoms with Gasteiger partial charge in [0.05, 0.1) is 10.8 Å². The van der Waals surface area contributed by atoms with Crippen molar-refractivity contribution in [2.24, 2.45) is 7.05 Å². The number of hydrogen-bond acceptors (Lipinski definition) is 3. The quantitative estimate of drug-likeness (QED) is 0.418. The van der Waals surface area contributed by atoms with Gasteiger partial charge in [-0.3, -0.25) is 14.5 Å². The summed E-state index contributed by atoms with van der Waals surface area (Å²) >= 11 is 1.46. The van der Waals surface area contributed by atoms with Crippen molar-refractivity contribution >= 4 is 40.2 Å². The molecular weight excluding hydrogens is 461 g/mol. The number of para-hydroxylation sites is 1. The highest BCUT2D eigenvalue weighted by Gasteiger charge is 2.39. The average molecular weight is 488 g/mol. The van der Waals surface area contributed by atoms with Crippen LogP contribution in [0.4, 0.5) is 10.1 Å². The summed E-state index contributed by atoms with van der Waals surface area (Å²) in [5.41, 5.74) is 5.49. The lowest BCUT2D eigenvalue weighted by molar-refractivity contribution is -0.125. The Morgan fingerprint density at radius 2 is 1.80 bits per heavy atom. The van der Waals surface area contributed by atoms with Crippen LogP contribution in [-0.2, 0) is 23.2 Å². The molecule has 5 nitrogen and oxygen atoms in total. The second-order valence-corrected chi connectivity index (χ2v) is 9.83. The number of benzene rings is 3. The van der Waals surface area contributed by atoms with E-state index in [0.717, 1.165) is 38.2 Å². The number of aryl methyl sites for hydroxylation is 3. The Hall–Kier alpha value is -3.58. The molecule has 5 rings (SSSR count). The molecule has 1 aromatic heterocycles. The molecule has 3 aromatic carbocycles. The number of carbonyl (C=O) groups excluding carboxylic acids is 2. The molecular formula is C28H26FN3O2S. The zero-order valence-corrected chi connectivity index (χ0v) is 20.7. The van der Waals surface area contributed by atoms with Gasteiger partial charge >= 0.3 is 0 Å². The van der Waals surface area contributed by atoms with Crippen molar-refractivity contribution in [2.75, 3.05) is 10.7 Å². The zero-order chi connectivity index (χ0) is 24.7. The topological polar surface area (TPSA) is 54.3 Å². The van der Waals surface area contributed by atoms with Gasteiger partial charge in [0.25, 0.3) is 0 Å². The van der Waals surface area contributed by atoms with Gasteiger partial charge in [-0.05, 0) is 60.9 Å². The minimum absolute atomic E-state index is 0.125. The monoisotopic (exact) mass is 487 g/mol. The Morgan fingerprint density at radius 3 is 2.54 bits per heavy atom. The van der Waals surface area contributed by atoms with Crippen LogP contribution >= 0.6 is 11.8 Å². The summed E-state index contributed by atoms with van der Waals surface area (Å²) in [6.45, 7) is 4.26. The fourth-order valence-electron chi connectivity index (χ4n) is 4.62. The molecule has 2 amide bonds. The summed E-state index contributed by atoms with van der Waals surface area (Å²) in [5, 5.41) is 4.86. The second-order valence-electron chi connectivity index (χ2n) is 8.86. The Morgan fingerprint density at radius 1 is 1.06 bits per heavy atom. The van der Waals surface area contributed by atoms with E-state index >= 15 is 0 Å². The molecule has 0 bridgehead atoms. The molecule has 178 valence electrons. The first-order chi connectivity index (χ1) is 16.8. The van der Waals surface area contributed by atoms with Crippen LogP contribution in [0.2, 0.25) is 0 Å². The third-order valence-electron chi connectivity index (χ3n) is 6.62. The average Bonchev–Trinajstić information content (AvgIpc) is 3.03. The molecule has 0 spiro atoms. The lowest BCUT2D eigenvalue weighted by Gasteiger charge is -2.30. The SMILES string of the molecule is Cc1ccc(N2C(=O)CSc3c(c4ccccc4n3C)[C@H]2C(=O)NCc2ccc(F)cc2)cc1C. The highest BCUT2D eigenvalue weighted by atomic mass is 32.2. The Labute approximate surface area is 207 Å². The minimum atomic E-state index is -0.846. The van der Waals surface area contributed by atoms with Crippen LogP contribution in [0.25, 0.3) is 10.9 Å². The van der Waals surface area contributed by atoms with Crippen LogP contribution in [0.5, 0.6) is 0 Å². The number of rotatable bonds is 4. The number of aromatic nitrogens is 1. The van der Waals surface area contributed by atoms with Crippen LogP contribution in [0, 0.1) is 19.7 Å². The number of hydrogen-bond donors (Lipinski definition) is 1. The molecule has 7 heteroatoms. The van der Waals surface area contributed by atoms with E-state index in [2.05, 4.69) is 9.88 Å². The van der Waals surface area contributed by atoms with Gasteiger partial charge in [-0.1, -0.05) is 48.2 Å². The van der Waals surface area contributed by atoms with Gasteiger partial charge < -0.3 is 9.88 Å². The predicted octanol–water partition coefficient (Wildman–Crippen LogP) is 5.43. The van der Waals surface area contributed by atoms with Gasteiger partial charge in [-0.25, -0.2) is 4.39 Å². The Kier molecular flexibility index (Phi) is 6.11. The molecule has 0 saturated heterocycles. The molecule has 0 saturated carbocycles. The highest BCUT2D eigenvalue weighted by Crippen LogP contribution is 2.43. The highest BCUT2D eigenvalue weighted by molar-refractivity contribution is 8.00. The van der Waals surface area contributed by atoms with Gasteiger partial charge in [0, 0.05) is 35.7 Å². The summed E-state index contributed by atoms with van der Waals surface area (Å²) in [7, 11) is 1.97. The molecule has 1 N–H and O–H groups in total. The van der Waals surface area contributed by atoms with Crippen molar-refractivity contribution in [1.82, 2.24) is 9.88 Å². The maximum absolute atomic E-state index is 13.9. The first kappa shape index (κ1) is 23.2. The second kappa shape index (κ2) is 9.23. The van der Waals surface area contributed by atoms with Crippen molar-refractivity contribution < 1.29 is 14.0 Å². The van der Waals surface area contributed by atoms with Crippen molar-refractivity contribution in [3.8, 4) is 0 Å². The molecule has 0 fully saturated rings. The lowest BCUT2D eigenvalue weighted by Crippen LogP contribution is -2.43. The predicted molar refractivity (Wildman–Crippen MR) is 138 cm³/mol. The number of halogens is 1. The van der Waals surface area contributed by atoms with E-state index < -0.39 is 6.04 Å². The van der Waals surface area contributed by atoms with Crippen LogP contribution in [-0.4, -0.2) is 22.1 Å². The van der Waals surface area contributed by atoms with Crippen molar-refractivity contribution in [2.45, 2.75) is 31.5 Å². The summed E-state index contributed by atoms with van der Waals surface area (Å²) in [6, 6.07) is 19.0. The Balaban J connectivity index is 1.64. The molecule has 1 aliphatic rings. The third-order valence-corrected chi connectivity index (χ3v) is 7.78. The van der Waals surface area contributed by atoms with Gasteiger partial charge in [0.15, 0.2) is 0 Å². The third kappa shape index (κ3) is 4.21. The smallest absolute Gasteiger partial charge is 0.248 e. The fourth-order valence-corrected chi connectivity index (χ4v) is 5.68. The zero-order valence-electron chi connectivity index (χ0n) is 19.8. The van der Waals surface area contributed by atoms with E-state index in [9.17, 15) is 14.0 Å². The van der Waals surface area contributed by atoms with Crippen molar-refractivity contribution in [3.63, 3.8) is 0 Å². The summed E-state index contributed by atoms with van der Waals surface area (Å²) in [5.74, 6) is -0.500. The standard InChI is InChI=1S/C28H26FN3O2S/c1-17-8-13-21(14-18(17)2)32-24(33)16-35-28-25(22-6-4-5-7-23(22)31(28)3)26(32)27(34)30-15-19-9-11-20(29)12-10-19/h4-14,26H,15-16H2,1-3H3,(H,30,34)/t26-/m0/s1. The number of amides is 2. The van der Waals surface area contributed by atoms with E-state index in [1.54, 1.807) is 17.0 Å². The molecule has 4 aromatic rings. The fraction of sp³-hybridized carbons (Fsp3) is 0.214. The number of anilines is 1. The van der Waals surface area contributed by atoms with Crippen LogP contribution in [0.15, 0.2) is 71.8 Å². The maximum Gasteiger partial charge on any atom is 0.248 e. The van der Waals surface area contributed by atoms with Gasteiger partial charge in [0.2, 0.25) is 11.8 Å². The van der Waals surface area contributed by atoms with E-state index in [0.29, 0.717) is 5.69 Å². The van der Waals surface area contributed by atoms with Crippen molar-refractivity contribution in [3.05, 3.63) is 94.8 Å². The molecule has 0 unspecified atom stereocenters. The van der Waals surface area contributed by atoms with Crippen LogP contribution in [0.3, 0.4) is 0 Å². The summed E-state index contributed by atoms with van der Waals surface area (Å²) < 4.78 is 15.4. The molecule has 2 heterocycles. The summed E-state index contributed by atoms with van der Waals surface area (Å²) in [4.78, 5) is 29.1. The number of nitrogens with zero attached hydrogens (tertiary/aromatic N) is 2. The molecule has 0 radical (unpaired) electrons. The number of fused-ring (bicyclic) bond motifs is 3. The number of nitrogens with one attached hydrogen (secondary N) is 1. The van der Waals surface area contributed by atoms with E-state index in [1.165, 1.54) is 23.9 Å². The normalized spacial score (nSPS) is 15.7. The van der Waals surface area contributed by atoms with Gasteiger partial charge in [-0.2, -0.15) is 0 Å². The largest absolute Gasteiger partial charge is 0.350 e. The van der Waals surface area contributed by atoms with Gasteiger partial charge in [0.1, 0.15) is 11.9 Å². The number of carbonyl (C=O) groups is 2. The molecule has 35 heavy (non-hydrogen) atoms. The molecule has 0 aliphatic carbocycles. The van der Waals surface area contributed by atoms with Crippen LogP contribution in [0.1, 0.15) is 28.3 Å². The first-order valence-corrected chi connectivity index (χ1v) is 12.5. The lowest BCUT2D eigenvalue weighted by atomic mass is 10.0. The first-order valence-electron chi connectivity index (χ1n) is 11.5. The summed E-state index contributed by atoms with van der Waals surface area (Å²) in [6.07, 6.45) is 0. The molecule has 1 aliphatic heterocycles. The van der Waals surface area contributed by atoms with E-state index in [4.69, 9.17) is 0 Å². The van der Waals surface area contributed by atoms with Crippen LogP contribution < -0.4 is 10.2 Å². The Bertz CT molecular complexity index is 1440. The molecule has 1 atom stereocenters. The van der Waals surface area contributed by atoms with E-state index in [-0.39, 0.29) is 29.9 Å². The number of thioether (sulfide) groups is 1. The maximum atomic E-state index is 13.9. The van der Waals surface area contributed by atoms with Crippen molar-refractivity contribution in [1.29, 1.82) is 0 Å².